The molecule has 1 rings (SSSR count). The number of hydrogen-bond acceptors (Lipinski definition) is 4. The minimum Gasteiger partial charge on any atom is -0.466 e. The summed E-state index contributed by atoms with van der Waals surface area (Å²) in [7, 11) is 0. The topological polar surface area (TPSA) is 58.6 Å². The zero-order valence-electron chi connectivity index (χ0n) is 13.0. The lowest BCUT2D eigenvalue weighted by molar-refractivity contribution is -0.143. The largest absolute Gasteiger partial charge is 0.466 e. The lowest BCUT2D eigenvalue weighted by atomic mass is 9.94. The zero-order valence-corrected chi connectivity index (χ0v) is 13.0. The lowest BCUT2D eigenvalue weighted by Gasteiger charge is -2.27. The van der Waals surface area contributed by atoms with Crippen molar-refractivity contribution in [3.63, 3.8) is 0 Å². The van der Waals surface area contributed by atoms with Gasteiger partial charge >= 0.3 is 5.97 Å². The van der Waals surface area contributed by atoms with E-state index in [9.17, 15) is 9.90 Å². The fourth-order valence-corrected chi connectivity index (χ4v) is 2.81. The van der Waals surface area contributed by atoms with Gasteiger partial charge in [-0.25, -0.2) is 0 Å². The van der Waals surface area contributed by atoms with Crippen molar-refractivity contribution in [3.05, 3.63) is 0 Å². The SMILES string of the molecule is CCOC(=O)CCCCCNCC1(O)CCCCCC1. The molecule has 1 aliphatic carbocycles. The monoisotopic (exact) mass is 285 g/mol. The van der Waals surface area contributed by atoms with E-state index in [1.165, 1.54) is 12.8 Å². The van der Waals surface area contributed by atoms with Crippen molar-refractivity contribution in [3.8, 4) is 0 Å². The van der Waals surface area contributed by atoms with Gasteiger partial charge < -0.3 is 15.2 Å². The van der Waals surface area contributed by atoms with E-state index in [0.29, 0.717) is 19.6 Å². The van der Waals surface area contributed by atoms with Gasteiger partial charge in [0.1, 0.15) is 0 Å². The molecule has 0 aromatic rings. The summed E-state index contributed by atoms with van der Waals surface area (Å²) in [5.41, 5.74) is -0.485. The van der Waals surface area contributed by atoms with Gasteiger partial charge in [-0.05, 0) is 39.2 Å². The second-order valence-corrected chi connectivity index (χ2v) is 5.93. The maximum atomic E-state index is 11.1. The molecule has 0 saturated heterocycles. The van der Waals surface area contributed by atoms with Gasteiger partial charge in [-0.1, -0.05) is 32.1 Å². The fraction of sp³-hybridized carbons (Fsp3) is 0.938. The first kappa shape index (κ1) is 17.4. The third-order valence-electron chi connectivity index (χ3n) is 4.03. The zero-order chi connectivity index (χ0) is 14.7. The highest BCUT2D eigenvalue weighted by Crippen LogP contribution is 2.26. The van der Waals surface area contributed by atoms with Crippen molar-refractivity contribution in [2.75, 3.05) is 19.7 Å². The number of carbonyl (C=O) groups excluding carboxylic acids is 1. The number of esters is 1. The Morgan fingerprint density at radius 1 is 1.15 bits per heavy atom. The summed E-state index contributed by atoms with van der Waals surface area (Å²) in [4.78, 5) is 11.1. The van der Waals surface area contributed by atoms with E-state index < -0.39 is 5.60 Å². The van der Waals surface area contributed by atoms with Gasteiger partial charge in [0.2, 0.25) is 0 Å². The Kier molecular flexibility index (Phi) is 8.86. The van der Waals surface area contributed by atoms with Gasteiger partial charge in [0, 0.05) is 13.0 Å². The van der Waals surface area contributed by atoms with E-state index in [4.69, 9.17) is 4.74 Å². The molecule has 1 aliphatic rings. The van der Waals surface area contributed by atoms with Gasteiger partial charge in [-0.2, -0.15) is 0 Å². The summed E-state index contributed by atoms with van der Waals surface area (Å²) in [6.45, 7) is 3.94. The first-order chi connectivity index (χ1) is 9.66. The second kappa shape index (κ2) is 10.2. The summed E-state index contributed by atoms with van der Waals surface area (Å²) in [6, 6.07) is 0. The van der Waals surface area contributed by atoms with Crippen LogP contribution < -0.4 is 5.32 Å². The van der Waals surface area contributed by atoms with Crippen LogP contribution in [0, 0.1) is 0 Å². The molecule has 2 N–H and O–H groups in total. The molecule has 0 aromatic heterocycles. The second-order valence-electron chi connectivity index (χ2n) is 5.93. The Bertz CT molecular complexity index is 260. The van der Waals surface area contributed by atoms with Gasteiger partial charge in [0.15, 0.2) is 0 Å². The first-order valence-electron chi connectivity index (χ1n) is 8.25. The average molecular weight is 285 g/mol. The van der Waals surface area contributed by atoms with Gasteiger partial charge in [0.05, 0.1) is 12.2 Å². The Morgan fingerprint density at radius 3 is 2.50 bits per heavy atom. The molecule has 0 heterocycles. The molecule has 0 aliphatic heterocycles. The van der Waals surface area contributed by atoms with Crippen molar-refractivity contribution in [1.82, 2.24) is 5.32 Å². The molecule has 4 nitrogen and oxygen atoms in total. The summed E-state index contributed by atoms with van der Waals surface area (Å²) in [6.07, 6.45) is 10.2. The van der Waals surface area contributed by atoms with Gasteiger partial charge in [-0.15, -0.1) is 0 Å². The number of ether oxygens (including phenoxy) is 1. The molecule has 0 atom stereocenters. The van der Waals surface area contributed by atoms with Crippen LogP contribution in [0.5, 0.6) is 0 Å². The van der Waals surface area contributed by atoms with Crippen LogP contribution in [0.2, 0.25) is 0 Å². The van der Waals surface area contributed by atoms with E-state index in [1.807, 2.05) is 6.92 Å². The van der Waals surface area contributed by atoms with E-state index in [-0.39, 0.29) is 5.97 Å². The standard InChI is InChI=1S/C16H31NO3/c1-2-20-15(18)10-6-5-9-13-17-14-16(19)11-7-3-4-8-12-16/h17,19H,2-14H2,1H3. The minimum atomic E-state index is -0.485. The Labute approximate surface area is 123 Å². The number of aliphatic hydroxyl groups is 1. The van der Waals surface area contributed by atoms with Crippen molar-refractivity contribution in [2.24, 2.45) is 0 Å². The summed E-state index contributed by atoms with van der Waals surface area (Å²) in [5.74, 6) is -0.0896. The maximum Gasteiger partial charge on any atom is 0.305 e. The molecule has 0 radical (unpaired) electrons. The Morgan fingerprint density at radius 2 is 1.85 bits per heavy atom. The Balaban J connectivity index is 1.97. The number of hydrogen-bond donors (Lipinski definition) is 2. The third-order valence-corrected chi connectivity index (χ3v) is 4.03. The van der Waals surface area contributed by atoms with Crippen molar-refractivity contribution < 1.29 is 14.6 Å². The molecule has 0 unspecified atom stereocenters. The van der Waals surface area contributed by atoms with Crippen LogP contribution in [0.3, 0.4) is 0 Å². The highest BCUT2D eigenvalue weighted by atomic mass is 16.5. The normalized spacial score (nSPS) is 18.5. The quantitative estimate of drug-likeness (QED) is 0.388. The lowest BCUT2D eigenvalue weighted by Crippen LogP contribution is -2.40. The number of carbonyl (C=O) groups is 1. The van der Waals surface area contributed by atoms with Crippen LogP contribution in [0.15, 0.2) is 0 Å². The number of rotatable bonds is 9. The number of nitrogens with one attached hydrogen (secondary N) is 1. The number of unbranched alkanes of at least 4 members (excludes halogenated alkanes) is 2. The predicted octanol–water partition coefficient (Wildman–Crippen LogP) is 2.78. The van der Waals surface area contributed by atoms with Crippen LogP contribution in [-0.4, -0.2) is 36.4 Å². The molecule has 1 saturated carbocycles. The molecule has 0 amide bonds. The smallest absolute Gasteiger partial charge is 0.305 e. The van der Waals surface area contributed by atoms with Crippen molar-refractivity contribution >= 4 is 5.97 Å². The molecule has 20 heavy (non-hydrogen) atoms. The van der Waals surface area contributed by atoms with Gasteiger partial charge in [-0.3, -0.25) is 4.79 Å². The van der Waals surface area contributed by atoms with Crippen molar-refractivity contribution in [2.45, 2.75) is 76.7 Å². The van der Waals surface area contributed by atoms with Crippen molar-refractivity contribution in [1.29, 1.82) is 0 Å². The molecule has 0 bridgehead atoms. The van der Waals surface area contributed by atoms with Crippen LogP contribution in [0.25, 0.3) is 0 Å². The highest BCUT2D eigenvalue weighted by Gasteiger charge is 2.26. The highest BCUT2D eigenvalue weighted by molar-refractivity contribution is 5.69. The predicted molar refractivity (Wildman–Crippen MR) is 80.6 cm³/mol. The third kappa shape index (κ3) is 7.85. The van der Waals surface area contributed by atoms with Crippen LogP contribution in [0.1, 0.15) is 71.1 Å². The van der Waals surface area contributed by atoms with E-state index >= 15 is 0 Å². The van der Waals surface area contributed by atoms with Crippen LogP contribution in [-0.2, 0) is 9.53 Å². The van der Waals surface area contributed by atoms with Crippen LogP contribution in [0.4, 0.5) is 0 Å². The first-order valence-corrected chi connectivity index (χ1v) is 8.25. The molecule has 0 spiro atoms. The molecule has 0 aromatic carbocycles. The average Bonchev–Trinajstić information content (AvgIpc) is 2.63. The molecule has 118 valence electrons. The molecular weight excluding hydrogens is 254 g/mol. The van der Waals surface area contributed by atoms with E-state index in [0.717, 1.165) is 51.5 Å². The summed E-state index contributed by atoms with van der Waals surface area (Å²) in [5, 5.41) is 13.8. The van der Waals surface area contributed by atoms with Gasteiger partial charge in [0.25, 0.3) is 0 Å². The van der Waals surface area contributed by atoms with Crippen LogP contribution >= 0.6 is 0 Å². The summed E-state index contributed by atoms with van der Waals surface area (Å²) < 4.78 is 4.89. The van der Waals surface area contributed by atoms with E-state index in [2.05, 4.69) is 5.32 Å². The van der Waals surface area contributed by atoms with E-state index in [1.54, 1.807) is 0 Å². The summed E-state index contributed by atoms with van der Waals surface area (Å²) >= 11 is 0. The molecule has 4 heteroatoms. The molecular formula is C16H31NO3. The molecule has 1 fully saturated rings. The fourth-order valence-electron chi connectivity index (χ4n) is 2.81. The minimum absolute atomic E-state index is 0.0896. The Hall–Kier alpha value is -0.610. The maximum absolute atomic E-state index is 11.1.